The van der Waals surface area contributed by atoms with Crippen LogP contribution in [0.2, 0.25) is 10.0 Å². The minimum absolute atomic E-state index is 0.00437. The van der Waals surface area contributed by atoms with Crippen molar-refractivity contribution >= 4 is 50.7 Å². The van der Waals surface area contributed by atoms with Crippen molar-refractivity contribution in [2.24, 2.45) is 0 Å². The van der Waals surface area contributed by atoms with Crippen molar-refractivity contribution in [3.8, 4) is 0 Å². The third-order valence-corrected chi connectivity index (χ3v) is 11.5. The van der Waals surface area contributed by atoms with Crippen LogP contribution < -0.4 is 9.62 Å². The molecule has 1 aliphatic rings. The Morgan fingerprint density at radius 1 is 0.812 bits per heavy atom. The number of nitrogens with one attached hydrogen (secondary N) is 1. The molecule has 0 saturated heterocycles. The largest absolute Gasteiger partial charge is 0.352 e. The first kappa shape index (κ1) is 35.5. The van der Waals surface area contributed by atoms with Gasteiger partial charge in [-0.2, -0.15) is 0 Å². The van der Waals surface area contributed by atoms with Crippen molar-refractivity contribution in [2.45, 2.75) is 75.9 Å². The van der Waals surface area contributed by atoms with E-state index >= 15 is 0 Å². The van der Waals surface area contributed by atoms with E-state index < -0.39 is 28.5 Å². The Bertz CT molecular complexity index is 1810. The first-order chi connectivity index (χ1) is 23.1. The second kappa shape index (κ2) is 16.0. The van der Waals surface area contributed by atoms with E-state index in [4.69, 9.17) is 23.2 Å². The highest BCUT2D eigenvalue weighted by Gasteiger charge is 2.36. The monoisotopic (exact) mass is 705 g/mol. The molecule has 7 nitrogen and oxygen atoms in total. The number of aryl methyl sites for hydroxylation is 1. The molecule has 0 aliphatic heterocycles. The van der Waals surface area contributed by atoms with E-state index in [9.17, 15) is 18.0 Å². The minimum atomic E-state index is -4.21. The predicted octanol–water partition coefficient (Wildman–Crippen LogP) is 7.89. The van der Waals surface area contributed by atoms with Crippen LogP contribution in [0, 0.1) is 13.8 Å². The second-order valence-corrected chi connectivity index (χ2v) is 15.0. The number of sulfonamides is 1. The summed E-state index contributed by atoms with van der Waals surface area (Å²) in [5.74, 6) is -0.863. The maximum atomic E-state index is 14.8. The lowest BCUT2D eigenvalue weighted by Gasteiger charge is -2.35. The lowest BCUT2D eigenvalue weighted by molar-refractivity contribution is -0.140. The lowest BCUT2D eigenvalue weighted by Crippen LogP contribution is -2.55. The van der Waals surface area contributed by atoms with E-state index in [2.05, 4.69) is 5.32 Å². The molecule has 4 aromatic rings. The fourth-order valence-corrected chi connectivity index (χ4v) is 8.20. The minimum Gasteiger partial charge on any atom is -0.352 e. The molecule has 0 radical (unpaired) electrons. The highest BCUT2D eigenvalue weighted by Crippen LogP contribution is 2.31. The Hall–Kier alpha value is -3.85. The molecule has 4 aromatic carbocycles. The summed E-state index contributed by atoms with van der Waals surface area (Å²) >= 11 is 13.3. The molecule has 0 bridgehead atoms. The van der Waals surface area contributed by atoms with E-state index in [0.29, 0.717) is 21.3 Å². The SMILES string of the molecule is Cc1cccc(N(CC(=O)N(Cc2c(Cl)cccc2Cl)[C@@H](Cc2ccccc2)C(=O)NC2CCCCC2)S(=O)(=O)c2ccccc2)c1C. The fraction of sp³-hybridized carbons (Fsp3) is 0.316. The number of halogens is 2. The first-order valence-corrected chi connectivity index (χ1v) is 18.5. The van der Waals surface area contributed by atoms with E-state index in [1.54, 1.807) is 48.5 Å². The number of carbonyl (C=O) groups excluding carboxylic acids is 2. The number of nitrogens with zero attached hydrogens (tertiary/aromatic N) is 2. The first-order valence-electron chi connectivity index (χ1n) is 16.3. The second-order valence-electron chi connectivity index (χ2n) is 12.3. The van der Waals surface area contributed by atoms with Crippen molar-refractivity contribution < 1.29 is 18.0 Å². The van der Waals surface area contributed by atoms with Crippen LogP contribution in [-0.4, -0.2) is 43.8 Å². The van der Waals surface area contributed by atoms with Gasteiger partial charge in [0.15, 0.2) is 0 Å². The summed E-state index contributed by atoms with van der Waals surface area (Å²) in [6.07, 6.45) is 5.11. The maximum absolute atomic E-state index is 14.8. The van der Waals surface area contributed by atoms with Crippen LogP contribution in [0.5, 0.6) is 0 Å². The van der Waals surface area contributed by atoms with Crippen LogP contribution in [0.25, 0.3) is 0 Å². The smallest absolute Gasteiger partial charge is 0.264 e. The number of hydrogen-bond donors (Lipinski definition) is 1. The fourth-order valence-electron chi connectivity index (χ4n) is 6.19. The van der Waals surface area contributed by atoms with Gasteiger partial charge >= 0.3 is 0 Å². The lowest BCUT2D eigenvalue weighted by atomic mass is 9.94. The maximum Gasteiger partial charge on any atom is 0.264 e. The Kier molecular flexibility index (Phi) is 11.8. The van der Waals surface area contributed by atoms with Crippen LogP contribution in [0.15, 0.2) is 102 Å². The average molecular weight is 707 g/mol. The molecule has 48 heavy (non-hydrogen) atoms. The van der Waals surface area contributed by atoms with Crippen molar-refractivity contribution in [1.29, 1.82) is 0 Å². The molecular formula is C38H41Cl2N3O4S. The van der Waals surface area contributed by atoms with Gasteiger partial charge in [0, 0.05) is 34.6 Å². The van der Waals surface area contributed by atoms with Crippen LogP contribution in [0.3, 0.4) is 0 Å². The summed E-state index contributed by atoms with van der Waals surface area (Å²) in [4.78, 5) is 30.6. The molecule has 10 heteroatoms. The van der Waals surface area contributed by atoms with Crippen molar-refractivity contribution in [1.82, 2.24) is 10.2 Å². The van der Waals surface area contributed by atoms with E-state index in [1.165, 1.54) is 17.0 Å². The molecule has 0 heterocycles. The van der Waals surface area contributed by atoms with Gasteiger partial charge < -0.3 is 10.2 Å². The molecule has 1 N–H and O–H groups in total. The van der Waals surface area contributed by atoms with Crippen molar-refractivity contribution in [3.05, 3.63) is 129 Å². The van der Waals surface area contributed by atoms with Crippen LogP contribution >= 0.6 is 23.2 Å². The number of anilines is 1. The van der Waals surface area contributed by atoms with Crippen molar-refractivity contribution in [3.63, 3.8) is 0 Å². The highest BCUT2D eigenvalue weighted by atomic mass is 35.5. The van der Waals surface area contributed by atoms with Gasteiger partial charge in [0.2, 0.25) is 11.8 Å². The zero-order valence-electron chi connectivity index (χ0n) is 27.2. The molecule has 252 valence electrons. The highest BCUT2D eigenvalue weighted by molar-refractivity contribution is 7.92. The Morgan fingerprint density at radius 3 is 2.06 bits per heavy atom. The number of carbonyl (C=O) groups is 2. The normalized spacial score (nSPS) is 14.2. The molecule has 2 amide bonds. The van der Waals surface area contributed by atoms with Crippen LogP contribution in [0.1, 0.15) is 54.4 Å². The topological polar surface area (TPSA) is 86.8 Å². The Balaban J connectivity index is 1.61. The summed E-state index contributed by atoms with van der Waals surface area (Å²) in [6, 6.07) is 27.0. The quantitative estimate of drug-likeness (QED) is 0.162. The van der Waals surface area contributed by atoms with Crippen molar-refractivity contribution in [2.75, 3.05) is 10.8 Å². The summed E-state index contributed by atoms with van der Waals surface area (Å²) in [5, 5.41) is 3.90. The van der Waals surface area contributed by atoms with Crippen LogP contribution in [-0.2, 0) is 32.6 Å². The Morgan fingerprint density at radius 2 is 1.42 bits per heavy atom. The van der Waals surface area contributed by atoms with Gasteiger partial charge in [0.05, 0.1) is 10.6 Å². The molecule has 0 spiro atoms. The number of rotatable bonds is 12. The molecular weight excluding hydrogens is 665 g/mol. The third-order valence-electron chi connectivity index (χ3n) is 9.07. The van der Waals surface area contributed by atoms with Gasteiger partial charge in [-0.15, -0.1) is 0 Å². The summed E-state index contributed by atoms with van der Waals surface area (Å²) < 4.78 is 29.8. The summed E-state index contributed by atoms with van der Waals surface area (Å²) in [5.41, 5.74) is 3.31. The number of hydrogen-bond acceptors (Lipinski definition) is 4. The molecule has 1 atom stereocenters. The molecule has 0 aromatic heterocycles. The van der Waals surface area contributed by atoms with Crippen LogP contribution in [0.4, 0.5) is 5.69 Å². The molecule has 1 saturated carbocycles. The molecule has 1 fully saturated rings. The summed E-state index contributed by atoms with van der Waals surface area (Å²) in [6.45, 7) is 3.08. The number of benzene rings is 4. The standard InChI is InChI=1S/C38H41Cl2N3O4S/c1-27-14-12-23-35(28(27)2)43(48(46,47)31-19-10-5-11-20-31)26-37(44)42(25-32-33(39)21-13-22-34(32)40)36(24-29-15-6-3-7-16-29)38(45)41-30-17-8-4-9-18-30/h3,5-7,10-16,19-23,30,36H,4,8-9,17-18,24-26H2,1-2H3,(H,41,45)/t36-/m0/s1. The van der Waals surface area contributed by atoms with Gasteiger partial charge in [-0.3, -0.25) is 13.9 Å². The zero-order chi connectivity index (χ0) is 34.3. The van der Waals surface area contributed by atoms with Gasteiger partial charge in [0.1, 0.15) is 12.6 Å². The Labute approximate surface area is 293 Å². The van der Waals surface area contributed by atoms with E-state index in [1.807, 2.05) is 50.2 Å². The van der Waals surface area contributed by atoms with E-state index in [-0.39, 0.29) is 29.8 Å². The summed E-state index contributed by atoms with van der Waals surface area (Å²) in [7, 11) is -4.21. The zero-order valence-corrected chi connectivity index (χ0v) is 29.6. The van der Waals surface area contributed by atoms with Gasteiger partial charge in [-0.05, 0) is 73.7 Å². The van der Waals surface area contributed by atoms with Gasteiger partial charge in [-0.1, -0.05) is 109 Å². The predicted molar refractivity (Wildman–Crippen MR) is 193 cm³/mol. The third kappa shape index (κ3) is 8.41. The van der Waals surface area contributed by atoms with Gasteiger partial charge in [0.25, 0.3) is 10.0 Å². The van der Waals surface area contributed by atoms with Gasteiger partial charge in [-0.25, -0.2) is 8.42 Å². The van der Waals surface area contributed by atoms with E-state index in [0.717, 1.165) is 53.1 Å². The average Bonchev–Trinajstić information content (AvgIpc) is 3.09. The number of amides is 2. The molecule has 5 rings (SSSR count). The molecule has 1 aliphatic carbocycles. The molecule has 0 unspecified atom stereocenters.